The summed E-state index contributed by atoms with van der Waals surface area (Å²) in [5, 5.41) is 31.3. The van der Waals surface area contributed by atoms with E-state index in [1.165, 1.54) is 6.07 Å². The van der Waals surface area contributed by atoms with E-state index in [9.17, 15) is 29.4 Å². The predicted octanol–water partition coefficient (Wildman–Crippen LogP) is 8.32. The zero-order chi connectivity index (χ0) is 68.7. The van der Waals surface area contributed by atoms with Crippen LogP contribution >= 0.6 is 0 Å². The van der Waals surface area contributed by atoms with E-state index < -0.39 is 17.7 Å². The number of carbonyl (C=O) groups is 4. The van der Waals surface area contributed by atoms with Gasteiger partial charge in [0.2, 0.25) is 5.91 Å². The number of aromatic amines is 1. The molecule has 0 radical (unpaired) electrons. The van der Waals surface area contributed by atoms with Crippen LogP contribution in [0.4, 0.5) is 17.1 Å². The molecule has 0 saturated carbocycles. The van der Waals surface area contributed by atoms with Crippen LogP contribution in [-0.4, -0.2) is 198 Å². The topological polar surface area (TPSA) is 307 Å². The monoisotopic (exact) mass is 1320 g/mol. The van der Waals surface area contributed by atoms with Crippen LogP contribution in [-0.2, 0) is 56.0 Å². The molecule has 0 unspecified atom stereocenters. The number of carbonyl (C=O) groups excluding carboxylic acids is 4. The number of rotatable bonds is 37. The standard InChI is InChI=1S/C70H93N13O13/c1-11-50-51(12-2)55-36-57-53(17-14-21-85)46(4)61(79-57)40-73-59-38-66(65(95-30-28-92-25-24-91-23-22-90-10)37-58(59)72-39-60-45(3)52(16-13-20-84)56(78-60)35-54(50)77-55)96-31-29-93-26-27-94-44-67(86)74-47-32-63(82(8)41-47)69(88)76-49-34-64(83(9)43-49)70(89)75-48-33-62(81(7)42-48)68(87)71-18-15-19-80(5)6/h32-43,79,84-85H,11-31,44H2,1-10H3,(H,71,87)(H,74,86)(H,75,89)(H,76,88). The van der Waals surface area contributed by atoms with E-state index in [1.807, 2.05) is 32.8 Å². The zero-order valence-electron chi connectivity index (χ0n) is 56.9. The third-order valence-electron chi connectivity index (χ3n) is 16.2. The van der Waals surface area contributed by atoms with Crippen LogP contribution in [0.15, 0.2) is 73.4 Å². The maximum absolute atomic E-state index is 13.5. The van der Waals surface area contributed by atoms with Crippen molar-refractivity contribution >= 4 is 85.1 Å². The Hall–Kier alpha value is -8.86. The van der Waals surface area contributed by atoms with Gasteiger partial charge in [-0.3, -0.25) is 29.1 Å². The van der Waals surface area contributed by atoms with Crippen molar-refractivity contribution in [1.82, 2.24) is 48.8 Å². The van der Waals surface area contributed by atoms with Crippen LogP contribution in [0.25, 0.3) is 44.4 Å². The first kappa shape index (κ1) is 73.0. The molecule has 7 N–H and O–H groups in total. The number of aliphatic hydroxyl groups excluding tert-OH is 2. The highest BCUT2D eigenvalue weighted by Crippen LogP contribution is 2.39. The van der Waals surface area contributed by atoms with Crippen molar-refractivity contribution in [3.05, 3.63) is 124 Å². The van der Waals surface area contributed by atoms with Crippen molar-refractivity contribution in [1.29, 1.82) is 0 Å². The molecule has 2 aliphatic rings. The number of methoxy groups -OCH3 is 1. The van der Waals surface area contributed by atoms with Gasteiger partial charge < -0.3 is 88.2 Å². The van der Waals surface area contributed by atoms with Gasteiger partial charge in [-0.15, -0.1) is 0 Å². The number of H-pyrrole nitrogens is 1. The Morgan fingerprint density at radius 1 is 0.552 bits per heavy atom. The highest BCUT2D eigenvalue weighted by atomic mass is 16.6. The van der Waals surface area contributed by atoms with Crippen molar-refractivity contribution in [3.63, 3.8) is 0 Å². The minimum atomic E-state index is -0.473. The van der Waals surface area contributed by atoms with Crippen molar-refractivity contribution < 1.29 is 62.5 Å². The van der Waals surface area contributed by atoms with Gasteiger partial charge in [-0.1, -0.05) is 13.8 Å². The lowest BCUT2D eigenvalue weighted by molar-refractivity contribution is -0.121. The molecule has 0 spiro atoms. The molecule has 26 nitrogen and oxygen atoms in total. The van der Waals surface area contributed by atoms with E-state index in [1.54, 1.807) is 97.2 Å². The van der Waals surface area contributed by atoms with E-state index in [0.29, 0.717) is 110 Å². The molecule has 6 aromatic rings. The number of nitrogens with one attached hydrogen (secondary N) is 5. The van der Waals surface area contributed by atoms with Crippen LogP contribution in [0.2, 0.25) is 0 Å². The number of anilines is 3. The fourth-order valence-corrected chi connectivity index (χ4v) is 11.2. The van der Waals surface area contributed by atoms with Crippen LogP contribution in [0, 0.1) is 6.92 Å². The Morgan fingerprint density at radius 3 is 1.59 bits per heavy atom. The Balaban J connectivity index is 0.919. The summed E-state index contributed by atoms with van der Waals surface area (Å²) in [6.45, 7) is 12.1. The summed E-state index contributed by atoms with van der Waals surface area (Å²) in [5.41, 5.74) is 14.2. The lowest BCUT2D eigenvalue weighted by Crippen LogP contribution is -2.28. The number of hydrogen-bond donors (Lipinski definition) is 7. The number of fused-ring (bicyclic) bond motifs is 7. The number of nitrogens with zero attached hydrogens (tertiary/aromatic N) is 8. The second-order valence-corrected chi connectivity index (χ2v) is 23.5. The average molecular weight is 1320 g/mol. The lowest BCUT2D eigenvalue weighted by atomic mass is 9.98. The molecule has 7 heterocycles. The minimum absolute atomic E-state index is 0.0296. The highest BCUT2D eigenvalue weighted by molar-refractivity contribution is 6.08. The van der Waals surface area contributed by atoms with Gasteiger partial charge >= 0.3 is 0 Å². The normalized spacial score (nSPS) is 12.2. The molecule has 8 rings (SSSR count). The number of benzene rings is 1. The van der Waals surface area contributed by atoms with Crippen molar-refractivity contribution in [2.75, 3.05) is 136 Å². The minimum Gasteiger partial charge on any atom is -0.487 e. The molecule has 1 aromatic carbocycles. The predicted molar refractivity (Wildman–Crippen MR) is 370 cm³/mol. The van der Waals surface area contributed by atoms with Gasteiger partial charge in [0.25, 0.3) is 17.7 Å². The molecular formula is C70H93N13O13. The van der Waals surface area contributed by atoms with E-state index >= 15 is 0 Å². The Labute approximate surface area is 560 Å². The lowest BCUT2D eigenvalue weighted by Gasteiger charge is -2.14. The number of allylic oxidation sites excluding steroid dienone is 4. The molecule has 6 bridgehead atoms. The number of aromatic nitrogens is 8. The first-order chi connectivity index (χ1) is 46.4. The third-order valence-corrected chi connectivity index (χ3v) is 16.2. The summed E-state index contributed by atoms with van der Waals surface area (Å²) in [4.78, 5) is 78.9. The second kappa shape index (κ2) is 36.3. The van der Waals surface area contributed by atoms with Crippen molar-refractivity contribution in [3.8, 4) is 11.5 Å². The van der Waals surface area contributed by atoms with Gasteiger partial charge in [-0.2, -0.15) is 0 Å². The maximum Gasteiger partial charge on any atom is 0.272 e. The van der Waals surface area contributed by atoms with Crippen molar-refractivity contribution in [2.45, 2.75) is 72.6 Å². The van der Waals surface area contributed by atoms with Crippen molar-refractivity contribution in [2.24, 2.45) is 21.1 Å². The first-order valence-electron chi connectivity index (χ1n) is 32.6. The van der Waals surface area contributed by atoms with Gasteiger partial charge in [0, 0.05) is 84.3 Å². The summed E-state index contributed by atoms with van der Waals surface area (Å²) in [6.07, 6.45) is 13.1. The molecule has 0 aliphatic carbocycles. The van der Waals surface area contributed by atoms with Crippen LogP contribution < -0.4 is 30.7 Å². The van der Waals surface area contributed by atoms with Crippen LogP contribution in [0.1, 0.15) is 125 Å². The Bertz CT molecular complexity index is 3950. The fourth-order valence-electron chi connectivity index (χ4n) is 11.2. The zero-order valence-corrected chi connectivity index (χ0v) is 56.9. The van der Waals surface area contributed by atoms with Gasteiger partial charge in [-0.25, -0.2) is 9.97 Å². The number of aryl methyl sites for hydroxylation is 5. The SMILES string of the molecule is CCC1=C(CC)c2cc3[nH]c(cnc4cc(OCCOCCOCC(=O)Nc5cc(C(=O)Nc6cc(C(=O)Nc7cc(C(=O)NCCCN(C)C)n(C)c7)n(C)c6)n(C)c5)c(OCCOCCOCCOC)cc4ncc4nc(cc1n2)C(CCCO)=C4C)c(C)c3CCCO. The van der Waals surface area contributed by atoms with Gasteiger partial charge in [0.15, 0.2) is 11.5 Å². The average Bonchev–Trinajstić information content (AvgIpc) is 1.60. The fraction of sp³-hybridized carbons (Fsp3) is 0.457. The quantitative estimate of drug-likeness (QED) is 0.0180. The molecule has 0 saturated heterocycles. The summed E-state index contributed by atoms with van der Waals surface area (Å²) in [5.74, 6) is -0.845. The Morgan fingerprint density at radius 2 is 1.04 bits per heavy atom. The molecule has 516 valence electrons. The number of amides is 4. The maximum atomic E-state index is 13.5. The van der Waals surface area contributed by atoms with E-state index in [4.69, 9.17) is 53.1 Å². The molecule has 26 heteroatoms. The summed E-state index contributed by atoms with van der Waals surface area (Å²) in [7, 11) is 10.6. The molecule has 0 atom stereocenters. The molecule has 4 amide bonds. The van der Waals surface area contributed by atoms with Gasteiger partial charge in [0.1, 0.15) is 36.9 Å². The summed E-state index contributed by atoms with van der Waals surface area (Å²) >= 11 is 0. The molecule has 2 aliphatic heterocycles. The van der Waals surface area contributed by atoms with Gasteiger partial charge in [-0.05, 0) is 143 Å². The number of ether oxygens (including phenoxy) is 7. The number of aliphatic hydroxyl groups is 2. The molecule has 0 fully saturated rings. The van der Waals surface area contributed by atoms with Crippen LogP contribution in [0.5, 0.6) is 11.5 Å². The third kappa shape index (κ3) is 19.9. The van der Waals surface area contributed by atoms with Crippen LogP contribution in [0.3, 0.4) is 0 Å². The Kier molecular flexibility index (Phi) is 27.6. The summed E-state index contributed by atoms with van der Waals surface area (Å²) < 4.78 is 45.6. The van der Waals surface area contributed by atoms with E-state index in [2.05, 4.69) is 52.2 Å². The first-order valence-corrected chi connectivity index (χ1v) is 32.6. The summed E-state index contributed by atoms with van der Waals surface area (Å²) in [6, 6.07) is 12.4. The molecule has 5 aromatic heterocycles. The van der Waals surface area contributed by atoms with E-state index in [0.717, 1.165) is 87.3 Å². The molecular weight excluding hydrogens is 1230 g/mol. The highest BCUT2D eigenvalue weighted by Gasteiger charge is 2.24. The van der Waals surface area contributed by atoms with E-state index in [-0.39, 0.29) is 76.8 Å². The second-order valence-electron chi connectivity index (χ2n) is 23.5. The molecule has 96 heavy (non-hydrogen) atoms. The largest absolute Gasteiger partial charge is 0.487 e. The van der Waals surface area contributed by atoms with Gasteiger partial charge in [0.05, 0.1) is 122 Å². The number of hydrogen-bond acceptors (Lipinski definition) is 18. The smallest absolute Gasteiger partial charge is 0.272 e.